The number of nitrogens with two attached hydrogens (primary N) is 1. The van der Waals surface area contributed by atoms with E-state index in [4.69, 9.17) is 10.5 Å². The first-order valence-electron chi connectivity index (χ1n) is 6.85. The second kappa shape index (κ2) is 10.0. The normalized spacial score (nSPS) is 10.7. The van der Waals surface area contributed by atoms with E-state index in [1.54, 1.807) is 18.3 Å². The van der Waals surface area contributed by atoms with Crippen molar-refractivity contribution >= 4 is 36.4 Å². The smallest absolute Gasteiger partial charge is 0.241 e. The highest BCUT2D eigenvalue weighted by molar-refractivity contribution is 5.94. The van der Waals surface area contributed by atoms with Crippen molar-refractivity contribution in [2.45, 2.75) is 26.3 Å². The average Bonchev–Trinajstić information content (AvgIpc) is 2.50. The maximum atomic E-state index is 11.7. The van der Waals surface area contributed by atoms with Crippen molar-refractivity contribution in [1.82, 2.24) is 4.98 Å². The first-order chi connectivity index (χ1) is 10.1. The fraction of sp³-hybridized carbons (Fsp3) is 0.250. The van der Waals surface area contributed by atoms with Gasteiger partial charge in [-0.3, -0.25) is 4.79 Å². The molecule has 0 unspecified atom stereocenters. The number of benzene rings is 1. The molecule has 0 spiro atoms. The molecule has 2 rings (SSSR count). The van der Waals surface area contributed by atoms with E-state index in [0.717, 1.165) is 5.75 Å². The number of hydrogen-bond donors (Lipinski definition) is 2. The van der Waals surface area contributed by atoms with Gasteiger partial charge >= 0.3 is 0 Å². The number of aromatic nitrogens is 1. The molecule has 5 nitrogen and oxygen atoms in total. The van der Waals surface area contributed by atoms with Crippen molar-refractivity contribution in [2.75, 3.05) is 5.32 Å². The zero-order chi connectivity index (χ0) is 15.2. The summed E-state index contributed by atoms with van der Waals surface area (Å²) in [5, 5.41) is 2.71. The number of pyridine rings is 1. The minimum absolute atomic E-state index is 0. The van der Waals surface area contributed by atoms with E-state index in [0.29, 0.717) is 18.0 Å². The summed E-state index contributed by atoms with van der Waals surface area (Å²) in [6.07, 6.45) is 2.14. The quantitative estimate of drug-likeness (QED) is 0.854. The largest absolute Gasteiger partial charge is 0.439 e. The summed E-state index contributed by atoms with van der Waals surface area (Å²) in [5.41, 5.74) is 7.42. The third-order valence-corrected chi connectivity index (χ3v) is 3.02. The molecule has 7 heteroatoms. The monoisotopic (exact) mass is 357 g/mol. The molecule has 0 aliphatic heterocycles. The number of nitrogens with one attached hydrogen (secondary N) is 1. The summed E-state index contributed by atoms with van der Waals surface area (Å²) in [6, 6.07) is 10.6. The Kier molecular flexibility index (Phi) is 9.25. The third-order valence-electron chi connectivity index (χ3n) is 3.02. The SMILES string of the molecule is CC[C@H](N)C(=O)Nc1ccc(Oc2ccc(C)cc2)nc1.Cl.Cl. The highest BCUT2D eigenvalue weighted by Crippen LogP contribution is 2.20. The Morgan fingerprint density at radius 3 is 2.39 bits per heavy atom. The molecule has 1 atom stereocenters. The molecule has 2 aromatic rings. The van der Waals surface area contributed by atoms with Crippen LogP contribution in [-0.4, -0.2) is 16.9 Å². The Morgan fingerprint density at radius 1 is 1.22 bits per heavy atom. The van der Waals surface area contributed by atoms with Gasteiger partial charge in [0.15, 0.2) is 0 Å². The number of rotatable bonds is 5. The molecule has 126 valence electrons. The molecule has 0 bridgehead atoms. The number of amides is 1. The third kappa shape index (κ3) is 6.44. The van der Waals surface area contributed by atoms with Gasteiger partial charge in [0.2, 0.25) is 11.8 Å². The van der Waals surface area contributed by atoms with Crippen LogP contribution in [0.3, 0.4) is 0 Å². The lowest BCUT2D eigenvalue weighted by Crippen LogP contribution is -2.34. The van der Waals surface area contributed by atoms with Crippen molar-refractivity contribution in [3.05, 3.63) is 48.2 Å². The predicted octanol–water partition coefficient (Wildman–Crippen LogP) is 3.70. The van der Waals surface area contributed by atoms with Gasteiger partial charge in [-0.2, -0.15) is 0 Å². The van der Waals surface area contributed by atoms with E-state index in [1.165, 1.54) is 5.56 Å². The van der Waals surface area contributed by atoms with E-state index in [-0.39, 0.29) is 30.7 Å². The molecule has 3 N–H and O–H groups in total. The van der Waals surface area contributed by atoms with Gasteiger partial charge in [-0.25, -0.2) is 4.98 Å². The topological polar surface area (TPSA) is 77.2 Å². The summed E-state index contributed by atoms with van der Waals surface area (Å²) in [6.45, 7) is 3.88. The van der Waals surface area contributed by atoms with Gasteiger partial charge in [-0.15, -0.1) is 24.8 Å². The van der Waals surface area contributed by atoms with Crippen molar-refractivity contribution < 1.29 is 9.53 Å². The molecule has 1 aromatic carbocycles. The van der Waals surface area contributed by atoms with E-state index < -0.39 is 6.04 Å². The molecule has 0 saturated heterocycles. The Morgan fingerprint density at radius 2 is 1.87 bits per heavy atom. The van der Waals surface area contributed by atoms with E-state index in [9.17, 15) is 4.79 Å². The number of nitrogens with zero attached hydrogens (tertiary/aromatic N) is 1. The summed E-state index contributed by atoms with van der Waals surface area (Å²) in [5.74, 6) is 0.973. The Labute approximate surface area is 148 Å². The zero-order valence-electron chi connectivity index (χ0n) is 13.0. The summed E-state index contributed by atoms with van der Waals surface area (Å²) in [4.78, 5) is 15.8. The zero-order valence-corrected chi connectivity index (χ0v) is 14.6. The lowest BCUT2D eigenvalue weighted by molar-refractivity contribution is -0.117. The van der Waals surface area contributed by atoms with Crippen LogP contribution < -0.4 is 15.8 Å². The van der Waals surface area contributed by atoms with E-state index in [2.05, 4.69) is 10.3 Å². The van der Waals surface area contributed by atoms with Crippen LogP contribution in [0, 0.1) is 6.92 Å². The Balaban J connectivity index is 0.00000242. The van der Waals surface area contributed by atoms with Gasteiger partial charge in [0.05, 0.1) is 17.9 Å². The van der Waals surface area contributed by atoms with Crippen molar-refractivity contribution in [2.24, 2.45) is 5.73 Å². The molecule has 1 aromatic heterocycles. The lowest BCUT2D eigenvalue weighted by atomic mass is 10.2. The molecule has 0 saturated carbocycles. The summed E-state index contributed by atoms with van der Waals surface area (Å²) >= 11 is 0. The Bertz CT molecular complexity index is 604. The highest BCUT2D eigenvalue weighted by Gasteiger charge is 2.11. The number of halogens is 2. The number of hydrogen-bond acceptors (Lipinski definition) is 4. The number of anilines is 1. The van der Waals surface area contributed by atoms with Crippen molar-refractivity contribution in [1.29, 1.82) is 0 Å². The number of aryl methyl sites for hydroxylation is 1. The predicted molar refractivity (Wildman–Crippen MR) is 96.9 cm³/mol. The molecule has 0 fully saturated rings. The van der Waals surface area contributed by atoms with E-state index >= 15 is 0 Å². The average molecular weight is 358 g/mol. The van der Waals surface area contributed by atoms with Crippen LogP contribution in [0.25, 0.3) is 0 Å². The molecule has 1 heterocycles. The van der Waals surface area contributed by atoms with Crippen LogP contribution in [0.1, 0.15) is 18.9 Å². The molecule has 0 aliphatic carbocycles. The first-order valence-corrected chi connectivity index (χ1v) is 6.85. The number of ether oxygens (including phenoxy) is 1. The molecular formula is C16H21Cl2N3O2. The maximum Gasteiger partial charge on any atom is 0.241 e. The van der Waals surface area contributed by atoms with Crippen LogP contribution in [0.4, 0.5) is 5.69 Å². The van der Waals surface area contributed by atoms with Gasteiger partial charge < -0.3 is 15.8 Å². The molecule has 23 heavy (non-hydrogen) atoms. The fourth-order valence-corrected chi connectivity index (χ4v) is 1.66. The summed E-state index contributed by atoms with van der Waals surface area (Å²) in [7, 11) is 0. The Hall–Kier alpha value is -1.82. The summed E-state index contributed by atoms with van der Waals surface area (Å²) < 4.78 is 5.61. The molecule has 0 radical (unpaired) electrons. The van der Waals surface area contributed by atoms with Crippen LogP contribution in [0.15, 0.2) is 42.6 Å². The standard InChI is InChI=1S/C16H19N3O2.2ClH/c1-3-14(17)16(20)19-12-6-9-15(18-10-12)21-13-7-4-11(2)5-8-13;;/h4-10,14H,3,17H2,1-2H3,(H,19,20);2*1H/t14-;;/m0../s1. The minimum Gasteiger partial charge on any atom is -0.439 e. The van der Waals surface area contributed by atoms with Crippen LogP contribution in [0.5, 0.6) is 11.6 Å². The molecular weight excluding hydrogens is 337 g/mol. The fourth-order valence-electron chi connectivity index (χ4n) is 1.66. The van der Waals surface area contributed by atoms with Crippen molar-refractivity contribution in [3.8, 4) is 11.6 Å². The van der Waals surface area contributed by atoms with Gasteiger partial charge in [0.25, 0.3) is 0 Å². The van der Waals surface area contributed by atoms with E-state index in [1.807, 2.05) is 38.1 Å². The second-order valence-electron chi connectivity index (χ2n) is 4.80. The highest BCUT2D eigenvalue weighted by atomic mass is 35.5. The number of carbonyl (C=O) groups excluding carboxylic acids is 1. The van der Waals surface area contributed by atoms with Crippen LogP contribution in [0.2, 0.25) is 0 Å². The first kappa shape index (κ1) is 21.2. The van der Waals surface area contributed by atoms with Crippen LogP contribution >= 0.6 is 24.8 Å². The molecule has 1 amide bonds. The van der Waals surface area contributed by atoms with Gasteiger partial charge in [0, 0.05) is 6.07 Å². The molecule has 0 aliphatic rings. The van der Waals surface area contributed by atoms with Gasteiger partial charge in [-0.1, -0.05) is 24.6 Å². The lowest BCUT2D eigenvalue weighted by Gasteiger charge is -2.10. The van der Waals surface area contributed by atoms with Gasteiger partial charge in [-0.05, 0) is 31.5 Å². The minimum atomic E-state index is -0.506. The number of carbonyl (C=O) groups is 1. The van der Waals surface area contributed by atoms with Crippen molar-refractivity contribution in [3.63, 3.8) is 0 Å². The van der Waals surface area contributed by atoms with Gasteiger partial charge in [0.1, 0.15) is 5.75 Å². The van der Waals surface area contributed by atoms with Crippen LogP contribution in [-0.2, 0) is 4.79 Å². The second-order valence-corrected chi connectivity index (χ2v) is 4.80. The maximum absolute atomic E-state index is 11.7.